The summed E-state index contributed by atoms with van der Waals surface area (Å²) in [6.45, 7) is 1.26. The SMILES string of the molecule is Cl.NC1CCCN(C(=O)c2ccc(NS(=O)(=O)c3ccccc3)cc2)C1. The van der Waals surface area contributed by atoms with E-state index in [9.17, 15) is 13.2 Å². The lowest BCUT2D eigenvalue weighted by atomic mass is 10.1. The van der Waals surface area contributed by atoms with Crippen molar-refractivity contribution in [1.29, 1.82) is 0 Å². The number of likely N-dealkylation sites (tertiary alicyclic amines) is 1. The zero-order chi connectivity index (χ0) is 17.9. The summed E-state index contributed by atoms with van der Waals surface area (Å²) < 4.78 is 27.1. The minimum atomic E-state index is -3.64. The van der Waals surface area contributed by atoms with Gasteiger partial charge in [-0.25, -0.2) is 8.42 Å². The number of amides is 1. The summed E-state index contributed by atoms with van der Waals surface area (Å²) in [5.74, 6) is -0.0763. The van der Waals surface area contributed by atoms with Crippen molar-refractivity contribution in [3.63, 3.8) is 0 Å². The molecule has 0 radical (unpaired) electrons. The van der Waals surface area contributed by atoms with Crippen molar-refractivity contribution in [3.8, 4) is 0 Å². The van der Waals surface area contributed by atoms with Crippen LogP contribution in [0.2, 0.25) is 0 Å². The van der Waals surface area contributed by atoms with E-state index in [-0.39, 0.29) is 29.3 Å². The topological polar surface area (TPSA) is 92.5 Å². The molecule has 6 nitrogen and oxygen atoms in total. The van der Waals surface area contributed by atoms with Crippen LogP contribution in [0, 0.1) is 0 Å². The number of benzene rings is 2. The third-order valence-corrected chi connectivity index (χ3v) is 5.58. The van der Waals surface area contributed by atoms with E-state index >= 15 is 0 Å². The maximum absolute atomic E-state index is 12.5. The van der Waals surface area contributed by atoms with Crippen LogP contribution in [-0.4, -0.2) is 38.4 Å². The Hall–Kier alpha value is -2.09. The average molecular weight is 396 g/mol. The summed E-state index contributed by atoms with van der Waals surface area (Å²) in [4.78, 5) is 14.4. The van der Waals surface area contributed by atoms with Gasteiger partial charge in [0.2, 0.25) is 0 Å². The highest BCUT2D eigenvalue weighted by molar-refractivity contribution is 7.92. The van der Waals surface area contributed by atoms with Gasteiger partial charge in [0.25, 0.3) is 15.9 Å². The quantitative estimate of drug-likeness (QED) is 0.831. The molecule has 3 rings (SSSR count). The summed E-state index contributed by atoms with van der Waals surface area (Å²) >= 11 is 0. The van der Waals surface area contributed by atoms with Crippen LogP contribution in [0.3, 0.4) is 0 Å². The van der Waals surface area contributed by atoms with Crippen LogP contribution in [0.1, 0.15) is 23.2 Å². The Balaban J connectivity index is 0.00000243. The van der Waals surface area contributed by atoms with Gasteiger partial charge < -0.3 is 10.6 Å². The van der Waals surface area contributed by atoms with Gasteiger partial charge >= 0.3 is 0 Å². The predicted octanol–water partition coefficient (Wildman–Crippen LogP) is 2.47. The zero-order valence-electron chi connectivity index (χ0n) is 14.2. The smallest absolute Gasteiger partial charge is 0.261 e. The van der Waals surface area contributed by atoms with Crippen molar-refractivity contribution in [3.05, 3.63) is 60.2 Å². The lowest BCUT2D eigenvalue weighted by molar-refractivity contribution is 0.0709. The molecule has 1 aliphatic heterocycles. The van der Waals surface area contributed by atoms with Gasteiger partial charge in [-0.3, -0.25) is 9.52 Å². The molecule has 2 aromatic rings. The lowest BCUT2D eigenvalue weighted by Gasteiger charge is -2.30. The number of rotatable bonds is 4. The Morgan fingerprint density at radius 3 is 2.35 bits per heavy atom. The molecule has 140 valence electrons. The highest BCUT2D eigenvalue weighted by Gasteiger charge is 2.22. The average Bonchev–Trinajstić information content (AvgIpc) is 2.62. The van der Waals surface area contributed by atoms with E-state index in [0.717, 1.165) is 12.8 Å². The van der Waals surface area contributed by atoms with Crippen LogP contribution in [0.15, 0.2) is 59.5 Å². The first-order chi connectivity index (χ1) is 12.0. The standard InChI is InChI=1S/C18H21N3O3S.ClH/c19-15-5-4-12-21(13-15)18(22)14-8-10-16(11-9-14)20-25(23,24)17-6-2-1-3-7-17;/h1-3,6-11,15,20H,4-5,12-13,19H2;1H. The first-order valence-electron chi connectivity index (χ1n) is 8.18. The van der Waals surface area contributed by atoms with Crippen LogP contribution in [0.25, 0.3) is 0 Å². The number of sulfonamides is 1. The molecule has 1 unspecified atom stereocenters. The fraction of sp³-hybridized carbons (Fsp3) is 0.278. The number of nitrogens with zero attached hydrogens (tertiary/aromatic N) is 1. The minimum Gasteiger partial charge on any atom is -0.337 e. The molecular weight excluding hydrogens is 374 g/mol. The third kappa shape index (κ3) is 4.75. The molecule has 8 heteroatoms. The van der Waals surface area contributed by atoms with Gasteiger partial charge in [0.15, 0.2) is 0 Å². The molecule has 0 bridgehead atoms. The maximum Gasteiger partial charge on any atom is 0.261 e. The van der Waals surface area contributed by atoms with Crippen molar-refractivity contribution in [2.75, 3.05) is 17.8 Å². The Kier molecular flexibility index (Phi) is 6.63. The van der Waals surface area contributed by atoms with Crippen molar-refractivity contribution in [1.82, 2.24) is 4.90 Å². The summed E-state index contributed by atoms with van der Waals surface area (Å²) in [6, 6.07) is 14.6. The van der Waals surface area contributed by atoms with Crippen LogP contribution >= 0.6 is 12.4 Å². The van der Waals surface area contributed by atoms with E-state index in [0.29, 0.717) is 24.3 Å². The van der Waals surface area contributed by atoms with Gasteiger partial charge in [0, 0.05) is 30.4 Å². The van der Waals surface area contributed by atoms with Crippen molar-refractivity contribution in [2.24, 2.45) is 5.73 Å². The number of hydrogen-bond acceptors (Lipinski definition) is 4. The van der Waals surface area contributed by atoms with Crippen LogP contribution < -0.4 is 10.5 Å². The van der Waals surface area contributed by atoms with Crippen molar-refractivity contribution < 1.29 is 13.2 Å². The van der Waals surface area contributed by atoms with E-state index < -0.39 is 10.0 Å². The molecule has 3 N–H and O–H groups in total. The third-order valence-electron chi connectivity index (χ3n) is 4.18. The molecule has 0 spiro atoms. The van der Waals surface area contributed by atoms with Gasteiger partial charge in [-0.05, 0) is 49.2 Å². The Labute approximate surface area is 159 Å². The Bertz CT molecular complexity index is 842. The normalized spacial score (nSPS) is 17.3. The van der Waals surface area contributed by atoms with Gasteiger partial charge in [0.1, 0.15) is 0 Å². The molecular formula is C18H22ClN3O3S. The highest BCUT2D eigenvalue weighted by atomic mass is 35.5. The van der Waals surface area contributed by atoms with Gasteiger partial charge in [0.05, 0.1) is 4.90 Å². The van der Waals surface area contributed by atoms with Crippen molar-refractivity contribution in [2.45, 2.75) is 23.8 Å². The molecule has 1 atom stereocenters. The highest BCUT2D eigenvalue weighted by Crippen LogP contribution is 2.18. The summed E-state index contributed by atoms with van der Waals surface area (Å²) in [7, 11) is -3.64. The second kappa shape index (κ2) is 8.53. The van der Waals surface area contributed by atoms with Gasteiger partial charge in [-0.2, -0.15) is 0 Å². The number of anilines is 1. The molecule has 0 aliphatic carbocycles. The fourth-order valence-electron chi connectivity index (χ4n) is 2.87. The molecule has 0 aromatic heterocycles. The lowest BCUT2D eigenvalue weighted by Crippen LogP contribution is -2.45. The summed E-state index contributed by atoms with van der Waals surface area (Å²) in [5, 5.41) is 0. The van der Waals surface area contributed by atoms with E-state index in [2.05, 4.69) is 4.72 Å². The number of nitrogens with one attached hydrogen (secondary N) is 1. The number of hydrogen-bond donors (Lipinski definition) is 2. The van der Waals surface area contributed by atoms with E-state index in [1.54, 1.807) is 47.4 Å². The molecule has 1 saturated heterocycles. The van der Waals surface area contributed by atoms with Gasteiger partial charge in [-0.1, -0.05) is 18.2 Å². The maximum atomic E-state index is 12.5. The van der Waals surface area contributed by atoms with Crippen LogP contribution in [0.4, 0.5) is 5.69 Å². The molecule has 1 amide bonds. The second-order valence-corrected chi connectivity index (χ2v) is 7.83. The van der Waals surface area contributed by atoms with Crippen molar-refractivity contribution >= 4 is 34.0 Å². The van der Waals surface area contributed by atoms with E-state index in [4.69, 9.17) is 5.73 Å². The number of halogens is 1. The molecule has 1 aliphatic rings. The zero-order valence-corrected chi connectivity index (χ0v) is 15.8. The number of piperidine rings is 1. The predicted molar refractivity (Wildman–Crippen MR) is 104 cm³/mol. The number of carbonyl (C=O) groups excluding carboxylic acids is 1. The second-order valence-electron chi connectivity index (χ2n) is 6.15. The summed E-state index contributed by atoms with van der Waals surface area (Å²) in [5.41, 5.74) is 6.86. The molecule has 26 heavy (non-hydrogen) atoms. The minimum absolute atomic E-state index is 0. The largest absolute Gasteiger partial charge is 0.337 e. The van der Waals surface area contributed by atoms with Crippen LogP contribution in [0.5, 0.6) is 0 Å². The molecule has 1 heterocycles. The molecule has 0 saturated carbocycles. The van der Waals surface area contributed by atoms with E-state index in [1.807, 2.05) is 0 Å². The number of carbonyl (C=O) groups is 1. The summed E-state index contributed by atoms with van der Waals surface area (Å²) in [6.07, 6.45) is 1.84. The molecule has 2 aromatic carbocycles. The molecule has 1 fully saturated rings. The first-order valence-corrected chi connectivity index (χ1v) is 9.67. The Morgan fingerprint density at radius 2 is 1.73 bits per heavy atom. The van der Waals surface area contributed by atoms with Crippen LogP contribution in [-0.2, 0) is 10.0 Å². The first kappa shape index (κ1) is 20.2. The van der Waals surface area contributed by atoms with E-state index in [1.165, 1.54) is 12.1 Å². The Morgan fingerprint density at radius 1 is 1.08 bits per heavy atom. The van der Waals surface area contributed by atoms with Gasteiger partial charge in [-0.15, -0.1) is 12.4 Å². The fourth-order valence-corrected chi connectivity index (χ4v) is 3.95. The number of nitrogens with two attached hydrogens (primary N) is 1. The monoisotopic (exact) mass is 395 g/mol.